The molecule has 74 valence electrons. The van der Waals surface area contributed by atoms with Gasteiger partial charge in [0.1, 0.15) is 18.3 Å². The molecule has 0 amide bonds. The van der Waals surface area contributed by atoms with Gasteiger partial charge in [0.2, 0.25) is 0 Å². The average molecular weight is 213 g/mol. The zero-order valence-electron chi connectivity index (χ0n) is 7.58. The number of ether oxygens (including phenoxy) is 1. The van der Waals surface area contributed by atoms with Crippen LogP contribution in [0.1, 0.15) is 17.0 Å². The van der Waals surface area contributed by atoms with E-state index < -0.39 is 11.9 Å². The van der Waals surface area contributed by atoms with Crippen LogP contribution in [0, 0.1) is 6.92 Å². The highest BCUT2D eigenvalue weighted by Gasteiger charge is 2.30. The van der Waals surface area contributed by atoms with E-state index in [1.807, 2.05) is 6.92 Å². The van der Waals surface area contributed by atoms with Crippen LogP contribution >= 0.6 is 11.6 Å². The summed E-state index contributed by atoms with van der Waals surface area (Å²) in [4.78, 5) is 10.8. The first-order valence-corrected chi connectivity index (χ1v) is 4.63. The lowest BCUT2D eigenvalue weighted by molar-refractivity contribution is -0.138. The van der Waals surface area contributed by atoms with E-state index in [0.29, 0.717) is 16.3 Å². The molecule has 1 aliphatic heterocycles. The fourth-order valence-electron chi connectivity index (χ4n) is 1.53. The number of aryl methyl sites for hydroxylation is 1. The summed E-state index contributed by atoms with van der Waals surface area (Å²) >= 11 is 5.91. The predicted octanol–water partition coefficient (Wildman–Crippen LogP) is 2.21. The standard InChI is InChI=1S/C10H9ClO3/c1-5-2-9-6(3-8(5)11)7(4-14-9)10(12)13/h2-3,7H,4H2,1H3,(H,12,13). The number of rotatable bonds is 1. The van der Waals surface area contributed by atoms with Crippen LogP contribution in [-0.2, 0) is 4.79 Å². The summed E-state index contributed by atoms with van der Waals surface area (Å²) in [7, 11) is 0. The van der Waals surface area contributed by atoms with Gasteiger partial charge in [-0.3, -0.25) is 4.79 Å². The maximum Gasteiger partial charge on any atom is 0.314 e. The van der Waals surface area contributed by atoms with Gasteiger partial charge in [-0.05, 0) is 24.6 Å². The second kappa shape index (κ2) is 3.17. The van der Waals surface area contributed by atoms with E-state index in [9.17, 15) is 4.79 Å². The highest BCUT2D eigenvalue weighted by molar-refractivity contribution is 6.31. The number of carboxylic acid groups (broad SMARTS) is 1. The molecular weight excluding hydrogens is 204 g/mol. The molecule has 0 fully saturated rings. The molecule has 1 aromatic rings. The minimum atomic E-state index is -0.872. The largest absolute Gasteiger partial charge is 0.492 e. The summed E-state index contributed by atoms with van der Waals surface area (Å²) in [5.41, 5.74) is 1.57. The number of hydrogen-bond acceptors (Lipinski definition) is 2. The lowest BCUT2D eigenvalue weighted by Gasteiger charge is -2.04. The van der Waals surface area contributed by atoms with Crippen molar-refractivity contribution in [2.24, 2.45) is 0 Å². The van der Waals surface area contributed by atoms with E-state index in [2.05, 4.69) is 0 Å². The first-order valence-electron chi connectivity index (χ1n) is 4.25. The molecule has 1 atom stereocenters. The van der Waals surface area contributed by atoms with Crippen molar-refractivity contribution in [3.8, 4) is 5.75 Å². The Bertz CT molecular complexity index is 401. The molecule has 0 saturated heterocycles. The van der Waals surface area contributed by atoms with Crippen molar-refractivity contribution < 1.29 is 14.6 Å². The van der Waals surface area contributed by atoms with Crippen LogP contribution < -0.4 is 4.74 Å². The smallest absolute Gasteiger partial charge is 0.314 e. The van der Waals surface area contributed by atoms with Crippen LogP contribution in [0.25, 0.3) is 0 Å². The van der Waals surface area contributed by atoms with Gasteiger partial charge in [0.25, 0.3) is 0 Å². The van der Waals surface area contributed by atoms with Crippen LogP contribution in [0.5, 0.6) is 5.75 Å². The van der Waals surface area contributed by atoms with Gasteiger partial charge in [-0.1, -0.05) is 11.6 Å². The molecule has 0 radical (unpaired) electrons. The lowest BCUT2D eigenvalue weighted by atomic mass is 10.0. The summed E-state index contributed by atoms with van der Waals surface area (Å²) < 4.78 is 5.27. The van der Waals surface area contributed by atoms with Gasteiger partial charge in [0, 0.05) is 10.6 Å². The maximum absolute atomic E-state index is 10.8. The zero-order valence-corrected chi connectivity index (χ0v) is 8.34. The number of aliphatic carboxylic acids is 1. The number of hydrogen-bond donors (Lipinski definition) is 1. The van der Waals surface area contributed by atoms with E-state index in [0.717, 1.165) is 5.56 Å². The number of halogens is 1. The Morgan fingerprint density at radius 3 is 3.00 bits per heavy atom. The Kier molecular flexibility index (Phi) is 2.11. The predicted molar refractivity (Wildman–Crippen MR) is 52.1 cm³/mol. The molecule has 3 nitrogen and oxygen atoms in total. The van der Waals surface area contributed by atoms with Gasteiger partial charge in [0.15, 0.2) is 0 Å². The van der Waals surface area contributed by atoms with Crippen LogP contribution in [0.2, 0.25) is 5.02 Å². The van der Waals surface area contributed by atoms with Gasteiger partial charge in [0.05, 0.1) is 0 Å². The van der Waals surface area contributed by atoms with Crippen molar-refractivity contribution >= 4 is 17.6 Å². The first-order chi connectivity index (χ1) is 6.59. The Labute approximate surface area is 86.3 Å². The second-order valence-corrected chi connectivity index (χ2v) is 3.75. The molecule has 14 heavy (non-hydrogen) atoms. The highest BCUT2D eigenvalue weighted by atomic mass is 35.5. The Morgan fingerprint density at radius 2 is 2.36 bits per heavy atom. The SMILES string of the molecule is Cc1cc2c(cc1Cl)C(C(=O)O)CO2. The summed E-state index contributed by atoms with van der Waals surface area (Å²) in [6.07, 6.45) is 0. The topological polar surface area (TPSA) is 46.5 Å². The molecule has 0 saturated carbocycles. The fourth-order valence-corrected chi connectivity index (χ4v) is 1.71. The van der Waals surface area contributed by atoms with Crippen molar-refractivity contribution in [2.75, 3.05) is 6.61 Å². The summed E-state index contributed by atoms with van der Waals surface area (Å²) in [5.74, 6) is -0.814. The summed E-state index contributed by atoms with van der Waals surface area (Å²) in [6, 6.07) is 3.46. The van der Waals surface area contributed by atoms with Crippen molar-refractivity contribution in [2.45, 2.75) is 12.8 Å². The quantitative estimate of drug-likeness (QED) is 0.777. The second-order valence-electron chi connectivity index (χ2n) is 3.34. The Balaban J connectivity index is 2.50. The molecule has 2 rings (SSSR count). The molecule has 1 aliphatic rings. The third-order valence-electron chi connectivity index (χ3n) is 2.37. The Hall–Kier alpha value is -1.22. The lowest BCUT2D eigenvalue weighted by Crippen LogP contribution is -2.12. The minimum Gasteiger partial charge on any atom is -0.492 e. The molecule has 0 aliphatic carbocycles. The van der Waals surface area contributed by atoms with Gasteiger partial charge < -0.3 is 9.84 Å². The molecule has 1 aromatic carbocycles. The van der Waals surface area contributed by atoms with Crippen molar-refractivity contribution in [1.29, 1.82) is 0 Å². The molecule has 1 unspecified atom stereocenters. The summed E-state index contributed by atoms with van der Waals surface area (Å²) in [6.45, 7) is 2.06. The number of benzene rings is 1. The van der Waals surface area contributed by atoms with Gasteiger partial charge in [-0.15, -0.1) is 0 Å². The zero-order chi connectivity index (χ0) is 10.3. The van der Waals surface area contributed by atoms with Gasteiger partial charge in [-0.25, -0.2) is 0 Å². The van der Waals surface area contributed by atoms with E-state index in [4.69, 9.17) is 21.4 Å². The minimum absolute atomic E-state index is 0.199. The number of fused-ring (bicyclic) bond motifs is 1. The normalized spacial score (nSPS) is 18.9. The van der Waals surface area contributed by atoms with E-state index >= 15 is 0 Å². The third kappa shape index (κ3) is 1.34. The van der Waals surface area contributed by atoms with Gasteiger partial charge >= 0.3 is 5.97 Å². The molecule has 0 spiro atoms. The van der Waals surface area contributed by atoms with Crippen LogP contribution in [0.15, 0.2) is 12.1 Å². The molecule has 1 heterocycles. The van der Waals surface area contributed by atoms with Crippen molar-refractivity contribution in [3.63, 3.8) is 0 Å². The fraction of sp³-hybridized carbons (Fsp3) is 0.300. The van der Waals surface area contributed by atoms with E-state index in [-0.39, 0.29) is 6.61 Å². The highest BCUT2D eigenvalue weighted by Crippen LogP contribution is 2.37. The van der Waals surface area contributed by atoms with Crippen molar-refractivity contribution in [1.82, 2.24) is 0 Å². The monoisotopic (exact) mass is 212 g/mol. The average Bonchev–Trinajstić information content (AvgIpc) is 2.48. The van der Waals surface area contributed by atoms with Crippen molar-refractivity contribution in [3.05, 3.63) is 28.3 Å². The number of carboxylic acids is 1. The summed E-state index contributed by atoms with van der Waals surface area (Å²) in [5, 5.41) is 9.48. The molecule has 0 bridgehead atoms. The van der Waals surface area contributed by atoms with Crippen LogP contribution in [0.3, 0.4) is 0 Å². The Morgan fingerprint density at radius 1 is 1.64 bits per heavy atom. The molecule has 1 N–H and O–H groups in total. The van der Waals surface area contributed by atoms with E-state index in [1.54, 1.807) is 12.1 Å². The maximum atomic E-state index is 10.8. The molecular formula is C10H9ClO3. The van der Waals surface area contributed by atoms with Crippen LogP contribution in [0.4, 0.5) is 0 Å². The van der Waals surface area contributed by atoms with Gasteiger partial charge in [-0.2, -0.15) is 0 Å². The first kappa shape index (κ1) is 9.34. The van der Waals surface area contributed by atoms with E-state index in [1.165, 1.54) is 0 Å². The molecule has 0 aromatic heterocycles. The third-order valence-corrected chi connectivity index (χ3v) is 2.78. The van der Waals surface area contributed by atoms with Crippen LogP contribution in [-0.4, -0.2) is 17.7 Å². The molecule has 4 heteroatoms. The number of carbonyl (C=O) groups is 1.